The standard InChI is InChI=1S/C20H24N4O5S2/c1-14(20(25)22-15-3-5-17-18(11-15)29-13-28-17)30-19-6-4-16(12-21-19)31(26,27)24-9-7-23(2)8-10-24/h3-6,11-12,14H,7-10,13H2,1-2H3,(H,22,25). The fraction of sp³-hybridized carbons (Fsp3) is 0.400. The number of benzene rings is 1. The molecule has 11 heteroatoms. The first-order chi connectivity index (χ1) is 14.8. The molecule has 1 amide bonds. The van der Waals surface area contributed by atoms with Crippen molar-refractivity contribution in [2.24, 2.45) is 0 Å². The Hall–Kier alpha value is -2.34. The number of thioether (sulfide) groups is 1. The van der Waals surface area contributed by atoms with Crippen molar-refractivity contribution in [1.82, 2.24) is 14.2 Å². The Kier molecular flexibility index (Phi) is 6.37. The molecule has 2 aliphatic rings. The van der Waals surface area contributed by atoms with Crippen LogP contribution < -0.4 is 14.8 Å². The number of amides is 1. The highest BCUT2D eigenvalue weighted by Crippen LogP contribution is 2.34. The van der Waals surface area contributed by atoms with Crippen LogP contribution in [0.15, 0.2) is 46.5 Å². The highest BCUT2D eigenvalue weighted by molar-refractivity contribution is 8.00. The first-order valence-corrected chi connectivity index (χ1v) is 12.2. The summed E-state index contributed by atoms with van der Waals surface area (Å²) in [6.45, 7) is 4.28. The van der Waals surface area contributed by atoms with Gasteiger partial charge in [-0.3, -0.25) is 4.79 Å². The van der Waals surface area contributed by atoms with Gasteiger partial charge >= 0.3 is 0 Å². The molecule has 1 aromatic heterocycles. The number of sulfonamides is 1. The van der Waals surface area contributed by atoms with E-state index in [2.05, 4.69) is 15.2 Å². The molecule has 1 N–H and O–H groups in total. The predicted octanol–water partition coefficient (Wildman–Crippen LogP) is 1.87. The maximum Gasteiger partial charge on any atom is 0.244 e. The normalized spacial score (nSPS) is 18.0. The summed E-state index contributed by atoms with van der Waals surface area (Å²) in [5.41, 5.74) is 0.614. The fourth-order valence-electron chi connectivity index (χ4n) is 3.22. The van der Waals surface area contributed by atoms with Crippen molar-refractivity contribution in [3.63, 3.8) is 0 Å². The van der Waals surface area contributed by atoms with Crippen molar-refractivity contribution in [2.75, 3.05) is 45.3 Å². The van der Waals surface area contributed by atoms with Gasteiger partial charge in [0.05, 0.1) is 10.3 Å². The van der Waals surface area contributed by atoms with Gasteiger partial charge in [0.2, 0.25) is 22.7 Å². The number of aromatic nitrogens is 1. The SMILES string of the molecule is CC(Sc1ccc(S(=O)(=O)N2CCN(C)CC2)cn1)C(=O)Nc1ccc2c(c1)OCO2. The zero-order chi connectivity index (χ0) is 22.0. The van der Waals surface area contributed by atoms with Crippen LogP contribution in [-0.4, -0.2) is 73.8 Å². The number of hydrogen-bond donors (Lipinski definition) is 1. The molecule has 1 unspecified atom stereocenters. The second-order valence-corrected chi connectivity index (χ2v) is 10.7. The zero-order valence-electron chi connectivity index (χ0n) is 17.3. The molecule has 166 valence electrons. The number of nitrogens with one attached hydrogen (secondary N) is 1. The second-order valence-electron chi connectivity index (χ2n) is 7.36. The summed E-state index contributed by atoms with van der Waals surface area (Å²) >= 11 is 1.26. The number of nitrogens with zero attached hydrogens (tertiary/aromatic N) is 3. The maximum atomic E-state index is 12.8. The number of likely N-dealkylation sites (N-methyl/N-ethyl adjacent to an activating group) is 1. The van der Waals surface area contributed by atoms with Crippen molar-refractivity contribution < 1.29 is 22.7 Å². The Bertz CT molecular complexity index is 1050. The maximum absolute atomic E-state index is 12.8. The van der Waals surface area contributed by atoms with Crippen molar-refractivity contribution in [3.8, 4) is 11.5 Å². The zero-order valence-corrected chi connectivity index (χ0v) is 18.9. The quantitative estimate of drug-likeness (QED) is 0.647. The van der Waals surface area contributed by atoms with Crippen molar-refractivity contribution >= 4 is 33.4 Å². The molecule has 2 aromatic rings. The number of carbonyl (C=O) groups excluding carboxylic acids is 1. The van der Waals surface area contributed by atoms with E-state index >= 15 is 0 Å². The van der Waals surface area contributed by atoms with Gasteiger partial charge in [-0.1, -0.05) is 11.8 Å². The monoisotopic (exact) mass is 464 g/mol. The van der Waals surface area contributed by atoms with Crippen LogP contribution in [0.1, 0.15) is 6.92 Å². The predicted molar refractivity (Wildman–Crippen MR) is 117 cm³/mol. The summed E-state index contributed by atoms with van der Waals surface area (Å²) in [6, 6.07) is 8.40. The van der Waals surface area contributed by atoms with E-state index in [1.54, 1.807) is 37.3 Å². The summed E-state index contributed by atoms with van der Waals surface area (Å²) in [6.07, 6.45) is 1.36. The highest BCUT2D eigenvalue weighted by Gasteiger charge is 2.28. The number of hydrogen-bond acceptors (Lipinski definition) is 8. The first kappa shape index (κ1) is 21.9. The molecule has 31 heavy (non-hydrogen) atoms. The largest absolute Gasteiger partial charge is 0.454 e. The van der Waals surface area contributed by atoms with Gasteiger partial charge in [-0.2, -0.15) is 4.31 Å². The number of carbonyl (C=O) groups is 1. The first-order valence-electron chi connectivity index (χ1n) is 9.85. The van der Waals surface area contributed by atoms with Crippen LogP contribution in [0.2, 0.25) is 0 Å². The van der Waals surface area contributed by atoms with E-state index in [0.29, 0.717) is 48.4 Å². The third kappa shape index (κ3) is 4.95. The molecule has 1 saturated heterocycles. The highest BCUT2D eigenvalue weighted by atomic mass is 32.2. The molecule has 4 rings (SSSR count). The molecular weight excluding hydrogens is 440 g/mol. The third-order valence-corrected chi connectivity index (χ3v) is 8.05. The Morgan fingerprint density at radius 2 is 1.87 bits per heavy atom. The van der Waals surface area contributed by atoms with Gasteiger partial charge in [0, 0.05) is 44.1 Å². The lowest BCUT2D eigenvalue weighted by Gasteiger charge is -2.31. The second kappa shape index (κ2) is 9.03. The van der Waals surface area contributed by atoms with Gasteiger partial charge < -0.3 is 19.7 Å². The Labute approximate surface area is 185 Å². The van der Waals surface area contributed by atoms with E-state index in [9.17, 15) is 13.2 Å². The van der Waals surface area contributed by atoms with Gasteiger partial charge in [-0.15, -0.1) is 0 Å². The van der Waals surface area contributed by atoms with E-state index < -0.39 is 15.3 Å². The summed E-state index contributed by atoms with van der Waals surface area (Å²) < 4.78 is 37.7. The molecule has 3 heterocycles. The minimum absolute atomic E-state index is 0.166. The number of rotatable bonds is 6. The number of ether oxygens (including phenoxy) is 2. The summed E-state index contributed by atoms with van der Waals surface area (Å²) in [5.74, 6) is 1.05. The fourth-order valence-corrected chi connectivity index (χ4v) is 5.38. The number of anilines is 1. The molecule has 1 aromatic carbocycles. The van der Waals surface area contributed by atoms with Crippen molar-refractivity contribution in [2.45, 2.75) is 22.1 Å². The summed E-state index contributed by atoms with van der Waals surface area (Å²) in [4.78, 5) is 19.1. The van der Waals surface area contributed by atoms with E-state index in [0.717, 1.165) is 0 Å². The summed E-state index contributed by atoms with van der Waals surface area (Å²) in [5, 5.41) is 2.99. The lowest BCUT2D eigenvalue weighted by atomic mass is 10.2. The van der Waals surface area contributed by atoms with Crippen LogP contribution in [0.4, 0.5) is 5.69 Å². The van der Waals surface area contributed by atoms with Gasteiger partial charge in [0.15, 0.2) is 11.5 Å². The Morgan fingerprint density at radius 3 is 2.58 bits per heavy atom. The van der Waals surface area contributed by atoms with E-state index in [4.69, 9.17) is 9.47 Å². The Balaban J connectivity index is 1.36. The molecule has 1 fully saturated rings. The van der Waals surface area contributed by atoms with E-state index in [1.807, 2.05) is 7.05 Å². The van der Waals surface area contributed by atoms with E-state index in [1.165, 1.54) is 22.3 Å². The van der Waals surface area contributed by atoms with Gasteiger partial charge in [-0.25, -0.2) is 13.4 Å². The van der Waals surface area contributed by atoms with Crippen LogP contribution in [-0.2, 0) is 14.8 Å². The van der Waals surface area contributed by atoms with Gasteiger partial charge in [0.1, 0.15) is 4.90 Å². The molecular formula is C20H24N4O5S2. The molecule has 0 spiro atoms. The average Bonchev–Trinajstić information content (AvgIpc) is 3.22. The molecule has 9 nitrogen and oxygen atoms in total. The minimum atomic E-state index is -3.56. The van der Waals surface area contributed by atoms with Gasteiger partial charge in [-0.05, 0) is 38.2 Å². The Morgan fingerprint density at radius 1 is 1.13 bits per heavy atom. The molecule has 0 saturated carbocycles. The van der Waals surface area contributed by atoms with Crippen LogP contribution in [0.25, 0.3) is 0 Å². The smallest absolute Gasteiger partial charge is 0.244 e. The van der Waals surface area contributed by atoms with Crippen LogP contribution in [0, 0.1) is 0 Å². The topological polar surface area (TPSA) is 101 Å². The van der Waals surface area contributed by atoms with Gasteiger partial charge in [0.25, 0.3) is 0 Å². The van der Waals surface area contributed by atoms with Crippen molar-refractivity contribution in [1.29, 1.82) is 0 Å². The molecule has 0 aliphatic carbocycles. The third-order valence-electron chi connectivity index (χ3n) is 5.12. The lowest BCUT2D eigenvalue weighted by Crippen LogP contribution is -2.47. The average molecular weight is 465 g/mol. The number of pyridine rings is 1. The minimum Gasteiger partial charge on any atom is -0.454 e. The molecule has 0 bridgehead atoms. The number of fused-ring (bicyclic) bond motifs is 1. The van der Waals surface area contributed by atoms with Crippen LogP contribution in [0.3, 0.4) is 0 Å². The van der Waals surface area contributed by atoms with Crippen LogP contribution in [0.5, 0.6) is 11.5 Å². The molecule has 2 aliphatic heterocycles. The molecule has 1 atom stereocenters. The number of piperazine rings is 1. The summed E-state index contributed by atoms with van der Waals surface area (Å²) in [7, 11) is -1.59. The molecule has 0 radical (unpaired) electrons. The lowest BCUT2D eigenvalue weighted by molar-refractivity contribution is -0.115. The van der Waals surface area contributed by atoms with E-state index in [-0.39, 0.29) is 17.6 Å². The van der Waals surface area contributed by atoms with Crippen LogP contribution >= 0.6 is 11.8 Å². The van der Waals surface area contributed by atoms with Crippen molar-refractivity contribution in [3.05, 3.63) is 36.5 Å².